The Kier molecular flexibility index (Phi) is 6.98. The lowest BCUT2D eigenvalue weighted by atomic mass is 9.85. The van der Waals surface area contributed by atoms with Crippen LogP contribution in [0.1, 0.15) is 61.5 Å². The molecular formula is C27H30FN7O2. The van der Waals surface area contributed by atoms with Crippen molar-refractivity contribution >= 4 is 28.8 Å². The van der Waals surface area contributed by atoms with Crippen LogP contribution in [0.5, 0.6) is 0 Å². The molecule has 0 spiro atoms. The zero-order chi connectivity index (χ0) is 25.9. The molecule has 2 aromatic carbocycles. The first-order valence-corrected chi connectivity index (χ1v) is 12.6. The predicted molar refractivity (Wildman–Crippen MR) is 137 cm³/mol. The van der Waals surface area contributed by atoms with Gasteiger partial charge >= 0.3 is 0 Å². The normalized spacial score (nSPS) is 17.7. The Labute approximate surface area is 214 Å². The van der Waals surface area contributed by atoms with Crippen molar-refractivity contribution in [2.75, 3.05) is 5.32 Å². The molecule has 0 atom stereocenters. The standard InChI is InChI=1S/C27H30FN7O2/c1-17(2)31-25(36)20-6-10-22(11-7-20)35-24-13-18(14-34-15-29-30-16-34)3-12-23(24)32-27(35)33-26(37)19-4-8-21(28)9-5-19/h3-5,8-9,12-13,15-17,20,22H,6-7,10-11,14H2,1-2H3,(H,31,36)(H,32,33,37). The molecule has 2 amide bonds. The van der Waals surface area contributed by atoms with Crippen molar-refractivity contribution in [3.8, 4) is 0 Å². The topological polar surface area (TPSA) is 107 Å². The lowest BCUT2D eigenvalue weighted by Crippen LogP contribution is -2.37. The summed E-state index contributed by atoms with van der Waals surface area (Å²) in [6.07, 6.45) is 6.43. The van der Waals surface area contributed by atoms with E-state index in [2.05, 4.69) is 31.5 Å². The van der Waals surface area contributed by atoms with Crippen LogP contribution in [0.2, 0.25) is 0 Å². The van der Waals surface area contributed by atoms with E-state index >= 15 is 0 Å². The van der Waals surface area contributed by atoms with Gasteiger partial charge in [0.05, 0.1) is 17.6 Å². The highest BCUT2D eigenvalue weighted by Gasteiger charge is 2.30. The third-order valence-corrected chi connectivity index (χ3v) is 6.78. The van der Waals surface area contributed by atoms with Crippen molar-refractivity contribution in [1.82, 2.24) is 29.6 Å². The van der Waals surface area contributed by atoms with Crippen LogP contribution in [-0.2, 0) is 11.3 Å². The highest BCUT2D eigenvalue weighted by atomic mass is 19.1. The number of nitrogens with one attached hydrogen (secondary N) is 2. The highest BCUT2D eigenvalue weighted by Crippen LogP contribution is 2.37. The number of rotatable bonds is 7. The van der Waals surface area contributed by atoms with Gasteiger partial charge in [-0.1, -0.05) is 6.07 Å². The fourth-order valence-electron chi connectivity index (χ4n) is 4.98. The molecule has 4 aromatic rings. The van der Waals surface area contributed by atoms with Crippen LogP contribution in [0.15, 0.2) is 55.1 Å². The van der Waals surface area contributed by atoms with Gasteiger partial charge in [0.15, 0.2) is 0 Å². The Hall–Kier alpha value is -4.08. The van der Waals surface area contributed by atoms with Crippen molar-refractivity contribution < 1.29 is 14.0 Å². The van der Waals surface area contributed by atoms with E-state index in [9.17, 15) is 14.0 Å². The Bertz CT molecular complexity index is 1390. The molecule has 1 fully saturated rings. The van der Waals surface area contributed by atoms with E-state index in [1.54, 1.807) is 12.7 Å². The van der Waals surface area contributed by atoms with Gasteiger partial charge in [0.2, 0.25) is 11.9 Å². The van der Waals surface area contributed by atoms with E-state index in [1.807, 2.05) is 30.5 Å². The van der Waals surface area contributed by atoms with Gasteiger partial charge in [-0.3, -0.25) is 14.9 Å². The quantitative estimate of drug-likeness (QED) is 0.391. The van der Waals surface area contributed by atoms with Gasteiger partial charge in [0.1, 0.15) is 18.5 Å². The molecule has 0 bridgehead atoms. The van der Waals surface area contributed by atoms with Gasteiger partial charge in [-0.05, 0) is 81.5 Å². The van der Waals surface area contributed by atoms with E-state index in [0.717, 1.165) is 42.3 Å². The minimum atomic E-state index is -0.400. The molecule has 192 valence electrons. The highest BCUT2D eigenvalue weighted by molar-refractivity contribution is 6.04. The van der Waals surface area contributed by atoms with Gasteiger partial charge in [0, 0.05) is 23.6 Å². The molecule has 5 rings (SSSR count). The van der Waals surface area contributed by atoms with E-state index < -0.39 is 5.82 Å². The number of carbonyl (C=O) groups excluding carboxylic acids is 2. The van der Waals surface area contributed by atoms with Crippen molar-refractivity contribution in [1.29, 1.82) is 0 Å². The molecule has 37 heavy (non-hydrogen) atoms. The second-order valence-corrected chi connectivity index (χ2v) is 9.89. The van der Waals surface area contributed by atoms with Crippen LogP contribution in [0.4, 0.5) is 10.3 Å². The number of amides is 2. The Morgan fingerprint density at radius 1 is 1.03 bits per heavy atom. The minimum Gasteiger partial charge on any atom is -0.354 e. The number of aromatic nitrogens is 5. The molecule has 0 unspecified atom stereocenters. The van der Waals surface area contributed by atoms with Gasteiger partial charge in [0.25, 0.3) is 5.91 Å². The number of fused-ring (bicyclic) bond motifs is 1. The minimum absolute atomic E-state index is 0.0185. The van der Waals surface area contributed by atoms with Gasteiger partial charge in [-0.2, -0.15) is 0 Å². The van der Waals surface area contributed by atoms with Crippen LogP contribution in [0, 0.1) is 11.7 Å². The SMILES string of the molecule is CC(C)NC(=O)C1CCC(n2c(NC(=O)c3ccc(F)cc3)nc3ccc(Cn4cnnc4)cc32)CC1. The largest absolute Gasteiger partial charge is 0.354 e. The third kappa shape index (κ3) is 5.52. The number of nitrogens with zero attached hydrogens (tertiary/aromatic N) is 5. The molecule has 0 saturated heterocycles. The fraction of sp³-hybridized carbons (Fsp3) is 0.370. The summed E-state index contributed by atoms with van der Waals surface area (Å²) >= 11 is 0. The lowest BCUT2D eigenvalue weighted by Gasteiger charge is -2.30. The molecule has 0 radical (unpaired) electrons. The molecule has 2 N–H and O–H groups in total. The third-order valence-electron chi connectivity index (χ3n) is 6.78. The Balaban J connectivity index is 1.45. The summed E-state index contributed by atoms with van der Waals surface area (Å²) in [5.41, 5.74) is 3.08. The first kappa shape index (κ1) is 24.6. The fourth-order valence-corrected chi connectivity index (χ4v) is 4.98. The van der Waals surface area contributed by atoms with Gasteiger partial charge in [-0.15, -0.1) is 10.2 Å². The van der Waals surface area contributed by atoms with Crippen LogP contribution in [-0.4, -0.2) is 42.2 Å². The van der Waals surface area contributed by atoms with Crippen molar-refractivity contribution in [2.45, 2.75) is 58.2 Å². The smallest absolute Gasteiger partial charge is 0.257 e. The molecule has 1 aliphatic rings. The number of benzene rings is 2. The average Bonchev–Trinajstić information content (AvgIpc) is 3.51. The predicted octanol–water partition coefficient (Wildman–Crippen LogP) is 4.32. The molecule has 2 heterocycles. The van der Waals surface area contributed by atoms with Gasteiger partial charge < -0.3 is 14.5 Å². The first-order chi connectivity index (χ1) is 17.9. The van der Waals surface area contributed by atoms with Crippen LogP contribution in [0.3, 0.4) is 0 Å². The summed E-state index contributed by atoms with van der Waals surface area (Å²) in [6, 6.07) is 11.6. The summed E-state index contributed by atoms with van der Waals surface area (Å²) in [4.78, 5) is 30.3. The number of anilines is 1. The Morgan fingerprint density at radius 3 is 2.41 bits per heavy atom. The molecule has 1 saturated carbocycles. The van der Waals surface area contributed by atoms with Crippen molar-refractivity contribution in [2.24, 2.45) is 5.92 Å². The summed E-state index contributed by atoms with van der Waals surface area (Å²) in [5, 5.41) is 13.7. The van der Waals surface area contributed by atoms with Crippen LogP contribution in [0.25, 0.3) is 11.0 Å². The zero-order valence-electron chi connectivity index (χ0n) is 20.9. The number of halogens is 1. The summed E-state index contributed by atoms with van der Waals surface area (Å²) < 4.78 is 17.3. The Morgan fingerprint density at radius 2 is 1.73 bits per heavy atom. The number of carbonyl (C=O) groups is 2. The second-order valence-electron chi connectivity index (χ2n) is 9.89. The second kappa shape index (κ2) is 10.5. The molecule has 9 nitrogen and oxygen atoms in total. The monoisotopic (exact) mass is 503 g/mol. The van der Waals surface area contributed by atoms with E-state index in [1.165, 1.54) is 24.3 Å². The maximum atomic E-state index is 13.4. The van der Waals surface area contributed by atoms with Crippen molar-refractivity contribution in [3.63, 3.8) is 0 Å². The summed E-state index contributed by atoms with van der Waals surface area (Å²) in [6.45, 7) is 4.54. The number of hydrogen-bond acceptors (Lipinski definition) is 5. The molecule has 10 heteroatoms. The zero-order valence-corrected chi connectivity index (χ0v) is 20.9. The van der Waals surface area contributed by atoms with Gasteiger partial charge in [-0.25, -0.2) is 9.37 Å². The number of hydrogen-bond donors (Lipinski definition) is 2. The summed E-state index contributed by atoms with van der Waals surface area (Å²) in [5.74, 6) is -0.227. The maximum Gasteiger partial charge on any atom is 0.257 e. The summed E-state index contributed by atoms with van der Waals surface area (Å²) in [7, 11) is 0. The van der Waals surface area contributed by atoms with Crippen LogP contribution >= 0.6 is 0 Å². The van der Waals surface area contributed by atoms with Crippen LogP contribution < -0.4 is 10.6 Å². The molecular weight excluding hydrogens is 473 g/mol. The van der Waals surface area contributed by atoms with E-state index in [4.69, 9.17) is 4.98 Å². The average molecular weight is 504 g/mol. The number of imidazole rings is 1. The molecule has 2 aromatic heterocycles. The lowest BCUT2D eigenvalue weighted by molar-refractivity contribution is -0.126. The molecule has 1 aliphatic carbocycles. The maximum absolute atomic E-state index is 13.4. The van der Waals surface area contributed by atoms with E-state index in [0.29, 0.717) is 18.1 Å². The molecule has 0 aliphatic heterocycles. The van der Waals surface area contributed by atoms with Crippen molar-refractivity contribution in [3.05, 3.63) is 72.1 Å². The first-order valence-electron chi connectivity index (χ1n) is 12.6. The van der Waals surface area contributed by atoms with E-state index in [-0.39, 0.29) is 29.8 Å².